The molecule has 0 unspecified atom stereocenters. The molecule has 0 saturated heterocycles. The predicted octanol–water partition coefficient (Wildman–Crippen LogP) is 14.9. The largest absolute Gasteiger partial charge is 0.542 e. The summed E-state index contributed by atoms with van der Waals surface area (Å²) in [4.78, 5) is 35.1. The Balaban J connectivity index is 0.000000231. The minimum atomic E-state index is -3.42. The van der Waals surface area contributed by atoms with Crippen molar-refractivity contribution in [3.05, 3.63) is 129 Å². The third-order valence-corrected chi connectivity index (χ3v) is 28.2. The van der Waals surface area contributed by atoms with Crippen molar-refractivity contribution in [2.75, 3.05) is 26.7 Å². The zero-order valence-electron chi connectivity index (χ0n) is 47.5. The Hall–Kier alpha value is -5.73. The fourth-order valence-electron chi connectivity index (χ4n) is 7.60. The smallest absolute Gasteiger partial charge is 0.351 e. The molecule has 0 bridgehead atoms. The van der Waals surface area contributed by atoms with Crippen LogP contribution in [0.3, 0.4) is 0 Å². The van der Waals surface area contributed by atoms with Crippen LogP contribution in [0.1, 0.15) is 98.1 Å². The number of aromatic nitrogens is 4. The average Bonchev–Trinajstić information content (AvgIpc) is 4.33. The third-order valence-electron chi connectivity index (χ3n) is 14.3. The molecule has 0 aliphatic heterocycles. The second-order valence-electron chi connectivity index (χ2n) is 22.2. The van der Waals surface area contributed by atoms with Crippen molar-refractivity contribution in [1.82, 2.24) is 19.1 Å². The highest BCUT2D eigenvalue weighted by Gasteiger charge is 2.41. The first kappa shape index (κ1) is 61.9. The summed E-state index contributed by atoms with van der Waals surface area (Å²) in [6.45, 7) is 25.3. The average molecular weight is 1240 g/mol. The Morgan fingerprint density at radius 3 is 1.38 bits per heavy atom. The van der Waals surface area contributed by atoms with Crippen LogP contribution >= 0.6 is 45.9 Å². The van der Waals surface area contributed by atoms with Gasteiger partial charge in [-0.15, -0.1) is 22.7 Å². The number of sulfone groups is 2. The van der Waals surface area contributed by atoms with Crippen molar-refractivity contribution in [1.29, 1.82) is 0 Å². The second kappa shape index (κ2) is 23.3. The van der Waals surface area contributed by atoms with E-state index in [1.165, 1.54) is 43.8 Å². The van der Waals surface area contributed by atoms with E-state index in [2.05, 4.69) is 77.7 Å². The van der Waals surface area contributed by atoms with Gasteiger partial charge in [-0.1, -0.05) is 89.0 Å². The lowest BCUT2D eigenvalue weighted by molar-refractivity contribution is 0.0590. The molecule has 4 aromatic carbocycles. The van der Waals surface area contributed by atoms with Gasteiger partial charge in [-0.25, -0.2) is 36.4 Å². The first-order valence-electron chi connectivity index (χ1n) is 25.1. The lowest BCUT2D eigenvalue weighted by atomic mass is 10.1. The number of halogens is 2. The summed E-state index contributed by atoms with van der Waals surface area (Å²) < 4.78 is 87.3. The zero-order chi connectivity index (χ0) is 59.2. The number of rotatable bonds is 16. The lowest BCUT2D eigenvalue weighted by Crippen LogP contribution is -2.44. The molecule has 2 atom stereocenters. The number of ether oxygens (including phenoxy) is 4. The molecule has 0 aliphatic carbocycles. The molecule has 0 amide bonds. The number of hydrogen-bond acceptors (Lipinski definition) is 16. The molecule has 4 heterocycles. The number of imidazole rings is 2. The topological polar surface area (TPSA) is 193 Å². The minimum absolute atomic E-state index is 0.000795. The molecule has 0 aliphatic rings. The molecule has 0 N–H and O–H groups in total. The number of carbonyl (C=O) groups excluding carboxylic acids is 2. The van der Waals surface area contributed by atoms with E-state index in [0.29, 0.717) is 70.7 Å². The standard InChI is InChI=1S/2C28H33ClN2O6S2Si/c1-17(19-10-9-11-22(25(19)29)37-40(7,8)28(2,3)4)36-23-15-24(38-26(23)27(32)35-5)31-16-30-20-14-18(39(6,33)34)12-13-21(20)31;1-17(19-10-9-11-22(25(19)29)37-40(7,8)28(2,3)4)36-23-15-24(38-26(23)27(32)35-5)31-16-30-20-13-12-18(14-21(20)31)39(6,33)34/h2*9-17H,1-8H3/t2*17-/m11/s1. The number of fused-ring (bicyclic) bond motifs is 2. The van der Waals surface area contributed by atoms with E-state index < -0.39 is 60.5 Å². The van der Waals surface area contributed by atoms with Crippen LogP contribution in [0.2, 0.25) is 46.3 Å². The van der Waals surface area contributed by atoms with Crippen molar-refractivity contribution in [2.45, 2.75) is 114 Å². The summed E-state index contributed by atoms with van der Waals surface area (Å²) in [5.74, 6) is 0.767. The molecule has 80 heavy (non-hydrogen) atoms. The van der Waals surface area contributed by atoms with Crippen molar-refractivity contribution in [2.24, 2.45) is 0 Å². The molecule has 428 valence electrons. The molecular formula is C56H66Cl2N4O12S4Si2. The van der Waals surface area contributed by atoms with E-state index in [1.54, 1.807) is 52.1 Å². The van der Waals surface area contributed by atoms with Crippen LogP contribution in [0.25, 0.3) is 32.1 Å². The van der Waals surface area contributed by atoms with Crippen LogP contribution in [-0.4, -0.2) is 91.2 Å². The molecule has 0 saturated carbocycles. The van der Waals surface area contributed by atoms with Gasteiger partial charge in [0.25, 0.3) is 16.6 Å². The number of methoxy groups -OCH3 is 2. The minimum Gasteiger partial charge on any atom is -0.542 e. The van der Waals surface area contributed by atoms with Crippen LogP contribution in [-0.2, 0) is 29.1 Å². The summed E-state index contributed by atoms with van der Waals surface area (Å²) in [5.41, 5.74) is 3.83. The molecule has 4 aromatic heterocycles. The Kier molecular flexibility index (Phi) is 18.0. The highest BCUT2D eigenvalue weighted by Crippen LogP contribution is 2.45. The molecule has 0 fully saturated rings. The van der Waals surface area contributed by atoms with Gasteiger partial charge in [0, 0.05) is 35.8 Å². The fraction of sp³-hybridized carbons (Fsp3) is 0.357. The maximum absolute atomic E-state index is 12.7. The number of hydrogen-bond donors (Lipinski definition) is 0. The molecule has 8 aromatic rings. The van der Waals surface area contributed by atoms with Gasteiger partial charge in [-0.3, -0.25) is 9.13 Å². The highest BCUT2D eigenvalue weighted by atomic mass is 35.5. The first-order valence-corrected chi connectivity index (χ1v) is 37.1. The van der Waals surface area contributed by atoms with Gasteiger partial charge in [-0.2, -0.15) is 0 Å². The second-order valence-corrected chi connectivity index (χ2v) is 38.5. The Bertz CT molecular complexity index is 3880. The SMILES string of the molecule is COC(=O)c1sc(-n2cnc3cc(S(C)(=O)=O)ccc32)cc1O[C@H](C)c1cccc(O[Si](C)(C)C(C)(C)C)c1Cl.COC(=O)c1sc(-n2cnc3ccc(S(C)(=O)=O)cc32)cc1O[C@H](C)c1cccc(O[Si](C)(C)C(C)(C)C)c1Cl. The van der Waals surface area contributed by atoms with Gasteiger partial charge in [0.05, 0.1) is 56.1 Å². The van der Waals surface area contributed by atoms with Crippen molar-refractivity contribution in [3.8, 4) is 33.0 Å². The van der Waals surface area contributed by atoms with Gasteiger partial charge in [0.1, 0.15) is 57.9 Å². The Labute approximate surface area is 488 Å². The summed E-state index contributed by atoms with van der Waals surface area (Å²) in [5, 5.41) is 2.19. The maximum atomic E-state index is 12.7. The van der Waals surface area contributed by atoms with Crippen LogP contribution < -0.4 is 18.3 Å². The monoisotopic (exact) mass is 1240 g/mol. The number of benzene rings is 4. The molecule has 0 spiro atoms. The summed E-state index contributed by atoms with van der Waals surface area (Å²) >= 11 is 16.0. The molecule has 24 heteroatoms. The fourth-order valence-corrected chi connectivity index (χ4v) is 13.7. The number of thiophene rings is 2. The lowest BCUT2D eigenvalue weighted by Gasteiger charge is -2.37. The van der Waals surface area contributed by atoms with E-state index in [0.717, 1.165) is 29.4 Å². The van der Waals surface area contributed by atoms with Gasteiger partial charge in [-0.05, 0) is 98.6 Å². The van der Waals surface area contributed by atoms with Crippen LogP contribution in [0, 0.1) is 0 Å². The van der Waals surface area contributed by atoms with Gasteiger partial charge >= 0.3 is 11.9 Å². The van der Waals surface area contributed by atoms with E-state index in [9.17, 15) is 26.4 Å². The van der Waals surface area contributed by atoms with E-state index in [4.69, 9.17) is 51.0 Å². The van der Waals surface area contributed by atoms with Gasteiger partial charge in [0.15, 0.2) is 29.4 Å². The van der Waals surface area contributed by atoms with Crippen LogP contribution in [0.15, 0.2) is 107 Å². The zero-order valence-corrected chi connectivity index (χ0v) is 54.2. The van der Waals surface area contributed by atoms with E-state index in [-0.39, 0.29) is 29.6 Å². The number of carbonyl (C=O) groups is 2. The predicted molar refractivity (Wildman–Crippen MR) is 323 cm³/mol. The summed E-state index contributed by atoms with van der Waals surface area (Å²) in [6, 6.07) is 24.1. The van der Waals surface area contributed by atoms with Gasteiger partial charge in [0.2, 0.25) is 0 Å². The van der Waals surface area contributed by atoms with Crippen LogP contribution in [0.5, 0.6) is 23.0 Å². The molecule has 8 rings (SSSR count). The number of esters is 2. The maximum Gasteiger partial charge on any atom is 0.351 e. The Morgan fingerprint density at radius 2 is 0.963 bits per heavy atom. The quantitative estimate of drug-likeness (QED) is 0.0655. The first-order chi connectivity index (χ1) is 37.1. The van der Waals surface area contributed by atoms with Crippen molar-refractivity contribution < 1.29 is 54.2 Å². The van der Waals surface area contributed by atoms with Crippen LogP contribution in [0.4, 0.5) is 0 Å². The highest BCUT2D eigenvalue weighted by molar-refractivity contribution is 7.91. The normalized spacial score (nSPS) is 13.3. The third kappa shape index (κ3) is 13.3. The van der Waals surface area contributed by atoms with E-state index >= 15 is 0 Å². The summed E-state index contributed by atoms with van der Waals surface area (Å²) in [7, 11) is -8.45. The summed E-state index contributed by atoms with van der Waals surface area (Å²) in [6.07, 6.45) is 4.42. The van der Waals surface area contributed by atoms with E-state index in [1.807, 2.05) is 50.2 Å². The Morgan fingerprint density at radius 1 is 0.562 bits per heavy atom. The van der Waals surface area contributed by atoms with Crippen molar-refractivity contribution >= 4 is 116 Å². The number of nitrogens with zero attached hydrogens (tertiary/aromatic N) is 4. The molecule has 0 radical (unpaired) electrons. The molecule has 16 nitrogen and oxygen atoms in total. The van der Waals surface area contributed by atoms with Crippen molar-refractivity contribution in [3.63, 3.8) is 0 Å². The molecular weight excluding hydrogens is 1180 g/mol. The van der Waals surface area contributed by atoms with Gasteiger partial charge < -0.3 is 27.8 Å².